The van der Waals surface area contributed by atoms with Crippen molar-refractivity contribution in [2.24, 2.45) is 5.92 Å². The van der Waals surface area contributed by atoms with Crippen molar-refractivity contribution in [2.75, 3.05) is 30.3 Å². The number of aliphatic hydroxyl groups excluding tert-OH is 1. The van der Waals surface area contributed by atoms with Crippen LogP contribution in [0.5, 0.6) is 0 Å². The average molecular weight is 209 g/mol. The zero-order chi connectivity index (χ0) is 11.1. The summed E-state index contributed by atoms with van der Waals surface area (Å²) >= 11 is 0. The van der Waals surface area contributed by atoms with Gasteiger partial charge in [0.05, 0.1) is 0 Å². The Bertz CT molecular complexity index is 291. The van der Waals surface area contributed by atoms with Gasteiger partial charge in [-0.3, -0.25) is 0 Å². The van der Waals surface area contributed by atoms with Gasteiger partial charge < -0.3 is 15.7 Å². The minimum atomic E-state index is 0.194. The molecule has 1 rings (SSSR count). The van der Waals surface area contributed by atoms with Gasteiger partial charge in [-0.15, -0.1) is 0 Å². The van der Waals surface area contributed by atoms with Crippen molar-refractivity contribution >= 4 is 11.6 Å². The largest absolute Gasteiger partial charge is 0.396 e. The highest BCUT2D eigenvalue weighted by Crippen LogP contribution is 2.09. The van der Waals surface area contributed by atoms with Gasteiger partial charge in [-0.05, 0) is 25.0 Å². The standard InChI is InChI=1S/C11H19N3O/c1-3-12-10-5-4-6-11(14-10)13-7-9(2)8-15/h4-6,9,15H,3,7-8H2,1-2H3,(H2,12,13,14). The summed E-state index contributed by atoms with van der Waals surface area (Å²) in [6, 6.07) is 5.81. The van der Waals surface area contributed by atoms with Crippen LogP contribution in [0.2, 0.25) is 0 Å². The molecular formula is C11H19N3O. The minimum absolute atomic E-state index is 0.194. The van der Waals surface area contributed by atoms with E-state index in [9.17, 15) is 0 Å². The molecule has 0 aliphatic rings. The van der Waals surface area contributed by atoms with Crippen LogP contribution in [-0.4, -0.2) is 29.8 Å². The lowest BCUT2D eigenvalue weighted by Crippen LogP contribution is -2.15. The Labute approximate surface area is 90.7 Å². The summed E-state index contributed by atoms with van der Waals surface area (Å²) in [5.41, 5.74) is 0. The van der Waals surface area contributed by atoms with Gasteiger partial charge in [0.25, 0.3) is 0 Å². The fourth-order valence-corrected chi connectivity index (χ4v) is 1.16. The summed E-state index contributed by atoms with van der Waals surface area (Å²) in [4.78, 5) is 4.36. The summed E-state index contributed by atoms with van der Waals surface area (Å²) in [7, 11) is 0. The number of nitrogens with one attached hydrogen (secondary N) is 2. The lowest BCUT2D eigenvalue weighted by atomic mass is 10.2. The molecule has 0 aliphatic heterocycles. The summed E-state index contributed by atoms with van der Waals surface area (Å²) in [6.07, 6.45) is 0. The number of hydrogen-bond donors (Lipinski definition) is 3. The van der Waals surface area contributed by atoms with E-state index in [4.69, 9.17) is 5.11 Å². The number of aromatic nitrogens is 1. The lowest BCUT2D eigenvalue weighted by molar-refractivity contribution is 0.244. The quantitative estimate of drug-likeness (QED) is 0.665. The van der Waals surface area contributed by atoms with Gasteiger partial charge in [-0.1, -0.05) is 13.0 Å². The Morgan fingerprint density at radius 1 is 1.33 bits per heavy atom. The molecule has 0 radical (unpaired) electrons. The number of rotatable bonds is 6. The van der Waals surface area contributed by atoms with Crippen LogP contribution in [0, 0.1) is 5.92 Å². The predicted octanol–water partition coefficient (Wildman–Crippen LogP) is 1.55. The third-order valence-electron chi connectivity index (χ3n) is 2.05. The molecule has 0 aliphatic carbocycles. The van der Waals surface area contributed by atoms with Gasteiger partial charge in [-0.2, -0.15) is 0 Å². The number of hydrogen-bond acceptors (Lipinski definition) is 4. The first-order chi connectivity index (χ1) is 7.26. The van der Waals surface area contributed by atoms with E-state index in [1.54, 1.807) is 0 Å². The van der Waals surface area contributed by atoms with Crippen LogP contribution in [0.25, 0.3) is 0 Å². The summed E-state index contributed by atoms with van der Waals surface area (Å²) in [6.45, 7) is 5.82. The fraction of sp³-hybridized carbons (Fsp3) is 0.545. The number of aliphatic hydroxyl groups is 1. The van der Waals surface area contributed by atoms with E-state index in [0.717, 1.165) is 24.7 Å². The molecule has 1 atom stereocenters. The topological polar surface area (TPSA) is 57.2 Å². The Kier molecular flexibility index (Phi) is 4.90. The van der Waals surface area contributed by atoms with E-state index >= 15 is 0 Å². The molecule has 1 unspecified atom stereocenters. The van der Waals surface area contributed by atoms with Gasteiger partial charge in [0.2, 0.25) is 0 Å². The van der Waals surface area contributed by atoms with E-state index in [2.05, 4.69) is 15.6 Å². The summed E-state index contributed by atoms with van der Waals surface area (Å²) < 4.78 is 0. The van der Waals surface area contributed by atoms with Crippen LogP contribution in [0.3, 0.4) is 0 Å². The highest BCUT2D eigenvalue weighted by atomic mass is 16.3. The number of pyridine rings is 1. The van der Waals surface area contributed by atoms with Crippen LogP contribution in [-0.2, 0) is 0 Å². The molecule has 1 heterocycles. The second-order valence-electron chi connectivity index (χ2n) is 3.61. The predicted molar refractivity (Wildman–Crippen MR) is 63.1 cm³/mol. The average Bonchev–Trinajstić information content (AvgIpc) is 2.27. The van der Waals surface area contributed by atoms with Crippen molar-refractivity contribution in [2.45, 2.75) is 13.8 Å². The molecule has 0 saturated heterocycles. The van der Waals surface area contributed by atoms with E-state index in [1.807, 2.05) is 32.0 Å². The maximum atomic E-state index is 8.88. The van der Waals surface area contributed by atoms with Gasteiger partial charge in [0.1, 0.15) is 11.6 Å². The first-order valence-electron chi connectivity index (χ1n) is 5.32. The van der Waals surface area contributed by atoms with Crippen LogP contribution >= 0.6 is 0 Å². The summed E-state index contributed by atoms with van der Waals surface area (Å²) in [5, 5.41) is 15.2. The molecule has 15 heavy (non-hydrogen) atoms. The Morgan fingerprint density at radius 3 is 2.60 bits per heavy atom. The molecule has 0 aromatic carbocycles. The molecule has 1 aromatic rings. The highest BCUT2D eigenvalue weighted by molar-refractivity contribution is 5.44. The van der Waals surface area contributed by atoms with Gasteiger partial charge in [-0.25, -0.2) is 4.98 Å². The molecule has 0 amide bonds. The van der Waals surface area contributed by atoms with Crippen LogP contribution in [0.4, 0.5) is 11.6 Å². The maximum Gasteiger partial charge on any atom is 0.128 e. The molecule has 4 heteroatoms. The van der Waals surface area contributed by atoms with Gasteiger partial charge in [0, 0.05) is 19.7 Å². The van der Waals surface area contributed by atoms with Crippen LogP contribution in [0.1, 0.15) is 13.8 Å². The van der Waals surface area contributed by atoms with E-state index in [-0.39, 0.29) is 12.5 Å². The zero-order valence-corrected chi connectivity index (χ0v) is 9.33. The second kappa shape index (κ2) is 6.24. The van der Waals surface area contributed by atoms with Crippen molar-refractivity contribution in [3.8, 4) is 0 Å². The minimum Gasteiger partial charge on any atom is -0.396 e. The van der Waals surface area contributed by atoms with Crippen molar-refractivity contribution in [1.29, 1.82) is 0 Å². The summed E-state index contributed by atoms with van der Waals surface area (Å²) in [5.74, 6) is 1.96. The molecule has 4 nitrogen and oxygen atoms in total. The van der Waals surface area contributed by atoms with Crippen molar-refractivity contribution < 1.29 is 5.11 Å². The smallest absolute Gasteiger partial charge is 0.128 e. The molecule has 84 valence electrons. The Morgan fingerprint density at radius 2 is 2.00 bits per heavy atom. The normalized spacial score (nSPS) is 12.2. The molecule has 0 fully saturated rings. The number of anilines is 2. The zero-order valence-electron chi connectivity index (χ0n) is 9.33. The van der Waals surface area contributed by atoms with Gasteiger partial charge in [0.15, 0.2) is 0 Å². The van der Waals surface area contributed by atoms with Crippen molar-refractivity contribution in [1.82, 2.24) is 4.98 Å². The SMILES string of the molecule is CCNc1cccc(NCC(C)CO)n1. The second-order valence-corrected chi connectivity index (χ2v) is 3.61. The maximum absolute atomic E-state index is 8.88. The first kappa shape index (κ1) is 11.8. The third-order valence-corrected chi connectivity index (χ3v) is 2.05. The van der Waals surface area contributed by atoms with E-state index < -0.39 is 0 Å². The molecule has 0 bridgehead atoms. The Hall–Kier alpha value is -1.29. The number of nitrogens with zero attached hydrogens (tertiary/aromatic N) is 1. The molecule has 3 N–H and O–H groups in total. The Balaban J connectivity index is 2.50. The van der Waals surface area contributed by atoms with Gasteiger partial charge >= 0.3 is 0 Å². The van der Waals surface area contributed by atoms with Crippen LogP contribution < -0.4 is 10.6 Å². The highest BCUT2D eigenvalue weighted by Gasteiger charge is 2.00. The fourth-order valence-electron chi connectivity index (χ4n) is 1.16. The van der Waals surface area contributed by atoms with Crippen LogP contribution in [0.15, 0.2) is 18.2 Å². The van der Waals surface area contributed by atoms with Crippen molar-refractivity contribution in [3.63, 3.8) is 0 Å². The molecule has 0 saturated carbocycles. The molecule has 1 aromatic heterocycles. The van der Waals surface area contributed by atoms with E-state index in [1.165, 1.54) is 0 Å². The molecular weight excluding hydrogens is 190 g/mol. The monoisotopic (exact) mass is 209 g/mol. The van der Waals surface area contributed by atoms with Crippen molar-refractivity contribution in [3.05, 3.63) is 18.2 Å². The molecule has 0 spiro atoms. The first-order valence-corrected chi connectivity index (χ1v) is 5.32. The van der Waals surface area contributed by atoms with E-state index in [0.29, 0.717) is 0 Å². The lowest BCUT2D eigenvalue weighted by Gasteiger charge is -2.11. The third kappa shape index (κ3) is 4.16.